The second-order valence-electron chi connectivity index (χ2n) is 5.24. The zero-order valence-corrected chi connectivity index (χ0v) is 14.5. The Kier molecular flexibility index (Phi) is 5.14. The summed E-state index contributed by atoms with van der Waals surface area (Å²) < 4.78 is 13.9. The van der Waals surface area contributed by atoms with Crippen LogP contribution in [-0.2, 0) is 11.2 Å². The van der Waals surface area contributed by atoms with Crippen LogP contribution >= 0.6 is 35.0 Å². The van der Waals surface area contributed by atoms with Gasteiger partial charge in [0.25, 0.3) is 0 Å². The van der Waals surface area contributed by atoms with Gasteiger partial charge in [-0.15, -0.1) is 11.8 Å². The summed E-state index contributed by atoms with van der Waals surface area (Å²) in [5.41, 5.74) is 1.23. The van der Waals surface area contributed by atoms with Crippen molar-refractivity contribution < 1.29 is 9.18 Å². The van der Waals surface area contributed by atoms with E-state index in [-0.39, 0.29) is 28.3 Å². The number of thioether (sulfide) groups is 1. The molecule has 0 aliphatic carbocycles. The van der Waals surface area contributed by atoms with Gasteiger partial charge in [0.2, 0.25) is 5.91 Å². The first kappa shape index (κ1) is 16.6. The van der Waals surface area contributed by atoms with E-state index in [0.29, 0.717) is 11.6 Å². The van der Waals surface area contributed by atoms with Gasteiger partial charge in [0.15, 0.2) is 0 Å². The summed E-state index contributed by atoms with van der Waals surface area (Å²) in [6, 6.07) is 11.9. The van der Waals surface area contributed by atoms with E-state index < -0.39 is 5.82 Å². The van der Waals surface area contributed by atoms with E-state index >= 15 is 0 Å². The fourth-order valence-corrected chi connectivity index (χ4v) is 4.31. The molecule has 2 nitrogen and oxygen atoms in total. The van der Waals surface area contributed by atoms with Crippen molar-refractivity contribution >= 4 is 40.9 Å². The smallest absolute Gasteiger partial charge is 0.228 e. The van der Waals surface area contributed by atoms with Gasteiger partial charge in [0.1, 0.15) is 11.2 Å². The number of amides is 1. The molecule has 1 unspecified atom stereocenters. The Morgan fingerprint density at radius 3 is 2.78 bits per heavy atom. The summed E-state index contributed by atoms with van der Waals surface area (Å²) in [4.78, 5) is 14.4. The molecule has 1 fully saturated rings. The first-order chi connectivity index (χ1) is 11.1. The Hall–Kier alpha value is -1.23. The van der Waals surface area contributed by atoms with Gasteiger partial charge < -0.3 is 4.90 Å². The van der Waals surface area contributed by atoms with E-state index in [2.05, 4.69) is 0 Å². The molecular weight excluding hydrogens is 356 g/mol. The molecule has 0 bridgehead atoms. The van der Waals surface area contributed by atoms with Gasteiger partial charge in [-0.3, -0.25) is 4.79 Å². The Labute approximate surface area is 148 Å². The maximum absolute atomic E-state index is 13.9. The van der Waals surface area contributed by atoms with Crippen LogP contribution < -0.4 is 0 Å². The summed E-state index contributed by atoms with van der Waals surface area (Å²) in [6.07, 6.45) is -0.0386. The minimum atomic E-state index is -0.447. The third kappa shape index (κ3) is 3.65. The minimum absolute atomic E-state index is 0.0386. The normalized spacial score (nSPS) is 17.5. The highest BCUT2D eigenvalue weighted by Crippen LogP contribution is 2.39. The highest BCUT2D eigenvalue weighted by Gasteiger charge is 2.31. The number of nitrogens with zero attached hydrogens (tertiary/aromatic N) is 1. The SMILES string of the molecule is O=C(Cc1c(F)cccc1Cl)N1CCSC1c1cccc(Cl)c1. The molecule has 0 radical (unpaired) electrons. The molecule has 0 saturated carbocycles. The number of hydrogen-bond acceptors (Lipinski definition) is 2. The van der Waals surface area contributed by atoms with Crippen LogP contribution in [0.3, 0.4) is 0 Å². The number of carbonyl (C=O) groups is 1. The Morgan fingerprint density at radius 1 is 1.26 bits per heavy atom. The molecule has 3 rings (SSSR count). The van der Waals surface area contributed by atoms with E-state index in [0.717, 1.165) is 11.3 Å². The molecule has 1 heterocycles. The predicted octanol–water partition coefficient (Wildman–Crippen LogP) is 4.95. The van der Waals surface area contributed by atoms with Gasteiger partial charge in [-0.2, -0.15) is 0 Å². The van der Waals surface area contributed by atoms with Crippen molar-refractivity contribution in [1.82, 2.24) is 4.90 Å². The average Bonchev–Trinajstić information content (AvgIpc) is 3.00. The van der Waals surface area contributed by atoms with Crippen LogP contribution in [0.2, 0.25) is 10.0 Å². The Morgan fingerprint density at radius 2 is 2.04 bits per heavy atom. The van der Waals surface area contributed by atoms with Gasteiger partial charge in [0.05, 0.1) is 6.42 Å². The molecule has 0 N–H and O–H groups in total. The van der Waals surface area contributed by atoms with Gasteiger partial charge in [0, 0.05) is 27.9 Å². The van der Waals surface area contributed by atoms with Crippen LogP contribution in [0.15, 0.2) is 42.5 Å². The summed E-state index contributed by atoms with van der Waals surface area (Å²) >= 11 is 13.7. The average molecular weight is 370 g/mol. The Bertz CT molecular complexity index is 720. The van der Waals surface area contributed by atoms with E-state index in [1.54, 1.807) is 28.8 Å². The molecule has 6 heteroatoms. The molecule has 2 aromatic rings. The standard InChI is InChI=1S/C17H14Cl2FNOS/c18-12-4-1-3-11(9-12)17-21(7-8-23-17)16(22)10-13-14(19)5-2-6-15(13)20/h1-6,9,17H,7-8,10H2. The molecule has 1 aliphatic rings. The van der Waals surface area contributed by atoms with Crippen molar-refractivity contribution in [3.05, 3.63) is 69.5 Å². The van der Waals surface area contributed by atoms with Crippen LogP contribution in [0.1, 0.15) is 16.5 Å². The van der Waals surface area contributed by atoms with Crippen LogP contribution in [0.5, 0.6) is 0 Å². The van der Waals surface area contributed by atoms with Crippen LogP contribution in [0, 0.1) is 5.82 Å². The number of carbonyl (C=O) groups excluding carboxylic acids is 1. The van der Waals surface area contributed by atoms with Crippen molar-refractivity contribution in [2.45, 2.75) is 11.8 Å². The first-order valence-electron chi connectivity index (χ1n) is 7.15. The largest absolute Gasteiger partial charge is 0.325 e. The quantitative estimate of drug-likeness (QED) is 0.762. The van der Waals surface area contributed by atoms with Gasteiger partial charge in [-0.05, 0) is 29.8 Å². The van der Waals surface area contributed by atoms with Crippen LogP contribution in [0.25, 0.3) is 0 Å². The Balaban J connectivity index is 1.81. The zero-order chi connectivity index (χ0) is 16.4. The molecule has 1 aliphatic heterocycles. The second kappa shape index (κ2) is 7.12. The molecule has 23 heavy (non-hydrogen) atoms. The topological polar surface area (TPSA) is 20.3 Å². The minimum Gasteiger partial charge on any atom is -0.325 e. The van der Waals surface area contributed by atoms with Gasteiger partial charge >= 0.3 is 0 Å². The monoisotopic (exact) mass is 369 g/mol. The van der Waals surface area contributed by atoms with E-state index in [1.165, 1.54) is 12.1 Å². The fourth-order valence-electron chi connectivity index (χ4n) is 2.62. The lowest BCUT2D eigenvalue weighted by molar-refractivity contribution is -0.130. The number of rotatable bonds is 3. The van der Waals surface area contributed by atoms with Crippen molar-refractivity contribution in [2.24, 2.45) is 0 Å². The lowest BCUT2D eigenvalue weighted by Gasteiger charge is -2.24. The van der Waals surface area contributed by atoms with Crippen LogP contribution in [-0.4, -0.2) is 23.1 Å². The molecule has 2 aromatic carbocycles. The maximum Gasteiger partial charge on any atom is 0.228 e. The van der Waals surface area contributed by atoms with E-state index in [4.69, 9.17) is 23.2 Å². The van der Waals surface area contributed by atoms with E-state index in [1.807, 2.05) is 18.2 Å². The van der Waals surface area contributed by atoms with Crippen molar-refractivity contribution in [2.75, 3.05) is 12.3 Å². The third-order valence-corrected chi connectivity index (χ3v) is 5.58. The maximum atomic E-state index is 13.9. The molecule has 1 saturated heterocycles. The first-order valence-corrected chi connectivity index (χ1v) is 8.96. The lowest BCUT2D eigenvalue weighted by atomic mass is 10.1. The highest BCUT2D eigenvalue weighted by atomic mass is 35.5. The zero-order valence-electron chi connectivity index (χ0n) is 12.1. The van der Waals surface area contributed by atoms with Gasteiger partial charge in [-0.25, -0.2) is 4.39 Å². The predicted molar refractivity (Wildman–Crippen MR) is 93.5 cm³/mol. The molecule has 0 aromatic heterocycles. The van der Waals surface area contributed by atoms with E-state index in [9.17, 15) is 9.18 Å². The van der Waals surface area contributed by atoms with Crippen molar-refractivity contribution in [1.29, 1.82) is 0 Å². The molecule has 1 amide bonds. The molecule has 120 valence electrons. The number of hydrogen-bond donors (Lipinski definition) is 0. The number of halogens is 3. The summed E-state index contributed by atoms with van der Waals surface area (Å²) in [5, 5.41) is 0.829. The van der Waals surface area contributed by atoms with Gasteiger partial charge in [-0.1, -0.05) is 41.4 Å². The van der Waals surface area contributed by atoms with Crippen LogP contribution in [0.4, 0.5) is 4.39 Å². The highest BCUT2D eigenvalue weighted by molar-refractivity contribution is 7.99. The lowest BCUT2D eigenvalue weighted by Crippen LogP contribution is -2.32. The fraction of sp³-hybridized carbons (Fsp3) is 0.235. The number of benzene rings is 2. The van der Waals surface area contributed by atoms with Crippen molar-refractivity contribution in [3.63, 3.8) is 0 Å². The third-order valence-electron chi connectivity index (χ3n) is 3.73. The second-order valence-corrected chi connectivity index (χ2v) is 7.27. The molecule has 0 spiro atoms. The molecular formula is C17H14Cl2FNOS. The summed E-state index contributed by atoms with van der Waals surface area (Å²) in [6.45, 7) is 0.632. The van der Waals surface area contributed by atoms with Crippen molar-refractivity contribution in [3.8, 4) is 0 Å². The molecule has 1 atom stereocenters. The summed E-state index contributed by atoms with van der Waals surface area (Å²) in [7, 11) is 0. The summed E-state index contributed by atoms with van der Waals surface area (Å²) in [5.74, 6) is 0.262.